The molecule has 1 aromatic carbocycles. The smallest absolute Gasteiger partial charge is 0.244 e. The van der Waals surface area contributed by atoms with Gasteiger partial charge in [-0.25, -0.2) is 21.9 Å². The number of benzene rings is 1. The standard InChI is InChI=1S/C13H18F2N2O2S/c1-13(2,9-3-4-9)17-20(18,19)11-6-8(7-16)5-10(14)12(11)15/h5-6,9,17H,3-4,7,16H2,1-2H3. The van der Waals surface area contributed by atoms with Gasteiger partial charge in [-0.3, -0.25) is 0 Å². The molecule has 4 nitrogen and oxygen atoms in total. The third-order valence-corrected chi connectivity index (χ3v) is 5.25. The van der Waals surface area contributed by atoms with Gasteiger partial charge in [-0.05, 0) is 50.3 Å². The zero-order valence-corrected chi connectivity index (χ0v) is 12.2. The highest BCUT2D eigenvalue weighted by Gasteiger charge is 2.41. The van der Waals surface area contributed by atoms with Crippen LogP contribution in [0, 0.1) is 17.6 Å². The van der Waals surface area contributed by atoms with Gasteiger partial charge in [0.1, 0.15) is 4.90 Å². The van der Waals surface area contributed by atoms with Crippen LogP contribution in [0.3, 0.4) is 0 Å². The van der Waals surface area contributed by atoms with E-state index in [0.717, 1.165) is 25.0 Å². The molecule has 0 aromatic heterocycles. The fourth-order valence-corrected chi connectivity index (χ4v) is 3.83. The van der Waals surface area contributed by atoms with Gasteiger partial charge >= 0.3 is 0 Å². The predicted octanol–water partition coefficient (Wildman–Crippen LogP) is 1.89. The first kappa shape index (κ1) is 15.3. The Labute approximate surface area is 117 Å². The summed E-state index contributed by atoms with van der Waals surface area (Å²) in [5.41, 5.74) is 4.91. The van der Waals surface area contributed by atoms with E-state index >= 15 is 0 Å². The molecule has 0 aliphatic heterocycles. The molecule has 1 aromatic rings. The predicted molar refractivity (Wildman–Crippen MR) is 71.4 cm³/mol. The molecule has 20 heavy (non-hydrogen) atoms. The summed E-state index contributed by atoms with van der Waals surface area (Å²) in [7, 11) is -4.13. The minimum absolute atomic E-state index is 0.0638. The van der Waals surface area contributed by atoms with Gasteiger partial charge in [0.15, 0.2) is 11.6 Å². The van der Waals surface area contributed by atoms with Gasteiger partial charge in [-0.2, -0.15) is 0 Å². The summed E-state index contributed by atoms with van der Waals surface area (Å²) in [5.74, 6) is -2.36. The van der Waals surface area contributed by atoms with Crippen LogP contribution in [-0.4, -0.2) is 14.0 Å². The lowest BCUT2D eigenvalue weighted by molar-refractivity contribution is 0.398. The average Bonchev–Trinajstić information content (AvgIpc) is 3.15. The molecule has 7 heteroatoms. The summed E-state index contributed by atoms with van der Waals surface area (Å²) in [4.78, 5) is -0.688. The van der Waals surface area contributed by atoms with E-state index in [-0.39, 0.29) is 18.0 Å². The molecule has 0 spiro atoms. The maximum absolute atomic E-state index is 13.8. The second-order valence-electron chi connectivity index (χ2n) is 5.70. The van der Waals surface area contributed by atoms with Crippen molar-refractivity contribution in [3.05, 3.63) is 29.3 Å². The first-order chi connectivity index (χ1) is 9.17. The number of halogens is 2. The van der Waals surface area contributed by atoms with Gasteiger partial charge in [-0.1, -0.05) is 0 Å². The number of nitrogens with two attached hydrogens (primary N) is 1. The van der Waals surface area contributed by atoms with Crippen molar-refractivity contribution in [1.29, 1.82) is 0 Å². The van der Waals surface area contributed by atoms with Crippen LogP contribution in [0.25, 0.3) is 0 Å². The minimum Gasteiger partial charge on any atom is -0.326 e. The van der Waals surface area contributed by atoms with E-state index < -0.39 is 32.1 Å². The maximum Gasteiger partial charge on any atom is 0.244 e. The fourth-order valence-electron chi connectivity index (χ4n) is 2.22. The maximum atomic E-state index is 13.8. The van der Waals surface area contributed by atoms with Crippen LogP contribution >= 0.6 is 0 Å². The molecule has 0 unspecified atom stereocenters. The van der Waals surface area contributed by atoms with Gasteiger partial charge in [0, 0.05) is 12.1 Å². The van der Waals surface area contributed by atoms with Gasteiger partial charge in [0.2, 0.25) is 10.0 Å². The number of sulfonamides is 1. The molecule has 0 bridgehead atoms. The molecule has 0 heterocycles. The second-order valence-corrected chi connectivity index (χ2v) is 7.35. The number of hydrogen-bond acceptors (Lipinski definition) is 3. The first-order valence-electron chi connectivity index (χ1n) is 6.39. The largest absolute Gasteiger partial charge is 0.326 e. The summed E-state index contributed by atoms with van der Waals surface area (Å²) in [6.45, 7) is 3.41. The molecule has 1 saturated carbocycles. The lowest BCUT2D eigenvalue weighted by atomic mass is 10.0. The number of rotatable bonds is 5. The SMILES string of the molecule is CC(C)(NS(=O)(=O)c1cc(CN)cc(F)c1F)C1CC1. The molecular weight excluding hydrogens is 286 g/mol. The van der Waals surface area contributed by atoms with Gasteiger partial charge in [-0.15, -0.1) is 0 Å². The van der Waals surface area contributed by atoms with Crippen molar-refractivity contribution in [2.45, 2.75) is 43.7 Å². The quantitative estimate of drug-likeness (QED) is 0.872. The van der Waals surface area contributed by atoms with Crippen LogP contribution in [0.5, 0.6) is 0 Å². The highest BCUT2D eigenvalue weighted by molar-refractivity contribution is 7.89. The molecule has 0 radical (unpaired) electrons. The van der Waals surface area contributed by atoms with Gasteiger partial charge in [0.25, 0.3) is 0 Å². The molecule has 1 aliphatic carbocycles. The van der Waals surface area contributed by atoms with Crippen molar-refractivity contribution in [3.63, 3.8) is 0 Å². The van der Waals surface area contributed by atoms with Crippen molar-refractivity contribution >= 4 is 10.0 Å². The van der Waals surface area contributed by atoms with Crippen molar-refractivity contribution in [2.24, 2.45) is 11.7 Å². The van der Waals surface area contributed by atoms with E-state index in [4.69, 9.17) is 5.73 Å². The summed E-state index contributed by atoms with van der Waals surface area (Å²) in [6, 6.07) is 1.98. The van der Waals surface area contributed by atoms with Crippen molar-refractivity contribution < 1.29 is 17.2 Å². The van der Waals surface area contributed by atoms with Crippen LogP contribution < -0.4 is 10.5 Å². The summed E-state index contributed by atoms with van der Waals surface area (Å²) >= 11 is 0. The fraction of sp³-hybridized carbons (Fsp3) is 0.538. The topological polar surface area (TPSA) is 72.2 Å². The molecule has 1 aliphatic rings. The van der Waals surface area contributed by atoms with E-state index in [2.05, 4.69) is 4.72 Å². The normalized spacial score (nSPS) is 16.4. The Balaban J connectivity index is 2.41. The molecule has 112 valence electrons. The highest BCUT2D eigenvalue weighted by Crippen LogP contribution is 2.40. The Kier molecular flexibility index (Phi) is 3.88. The van der Waals surface area contributed by atoms with Gasteiger partial charge < -0.3 is 5.73 Å². The van der Waals surface area contributed by atoms with E-state index in [0.29, 0.717) is 0 Å². The number of hydrogen-bond donors (Lipinski definition) is 2. The Bertz CT molecular complexity index is 626. The Morgan fingerprint density at radius 2 is 1.95 bits per heavy atom. The van der Waals surface area contributed by atoms with E-state index in [9.17, 15) is 17.2 Å². The lowest BCUT2D eigenvalue weighted by Gasteiger charge is -2.26. The molecule has 0 atom stereocenters. The van der Waals surface area contributed by atoms with E-state index in [1.165, 1.54) is 0 Å². The molecule has 3 N–H and O–H groups in total. The van der Waals surface area contributed by atoms with Crippen molar-refractivity contribution in [1.82, 2.24) is 4.72 Å². The van der Waals surface area contributed by atoms with Crippen molar-refractivity contribution in [2.75, 3.05) is 0 Å². The monoisotopic (exact) mass is 304 g/mol. The summed E-state index contributed by atoms with van der Waals surface area (Å²) in [6.07, 6.45) is 1.85. The zero-order valence-electron chi connectivity index (χ0n) is 11.4. The van der Waals surface area contributed by atoms with E-state index in [1.807, 2.05) is 0 Å². The van der Waals surface area contributed by atoms with Crippen LogP contribution in [0.1, 0.15) is 32.3 Å². The molecule has 0 amide bonds. The number of nitrogens with one attached hydrogen (secondary N) is 1. The Hall–Kier alpha value is -1.05. The van der Waals surface area contributed by atoms with Crippen LogP contribution in [0.15, 0.2) is 17.0 Å². The van der Waals surface area contributed by atoms with Crippen LogP contribution in [-0.2, 0) is 16.6 Å². The minimum atomic E-state index is -4.13. The lowest BCUT2D eigenvalue weighted by Crippen LogP contribution is -2.45. The second kappa shape index (κ2) is 5.05. The molecule has 0 saturated heterocycles. The third kappa shape index (κ3) is 2.99. The first-order valence-corrected chi connectivity index (χ1v) is 7.87. The molecule has 2 rings (SSSR count). The van der Waals surface area contributed by atoms with Crippen LogP contribution in [0.2, 0.25) is 0 Å². The van der Waals surface area contributed by atoms with Crippen LogP contribution in [0.4, 0.5) is 8.78 Å². The molecule has 1 fully saturated rings. The van der Waals surface area contributed by atoms with Gasteiger partial charge in [0.05, 0.1) is 0 Å². The average molecular weight is 304 g/mol. The third-order valence-electron chi connectivity index (χ3n) is 3.58. The molecular formula is C13H18F2N2O2S. The zero-order chi connectivity index (χ0) is 15.1. The summed E-state index contributed by atoms with van der Waals surface area (Å²) < 4.78 is 54.2. The highest BCUT2D eigenvalue weighted by atomic mass is 32.2. The Morgan fingerprint density at radius 3 is 2.45 bits per heavy atom. The van der Waals surface area contributed by atoms with E-state index in [1.54, 1.807) is 13.8 Å². The summed E-state index contributed by atoms with van der Waals surface area (Å²) in [5, 5.41) is 0. The Morgan fingerprint density at radius 1 is 1.35 bits per heavy atom. The van der Waals surface area contributed by atoms with Crippen molar-refractivity contribution in [3.8, 4) is 0 Å².